The van der Waals surface area contributed by atoms with Crippen molar-refractivity contribution in [3.63, 3.8) is 0 Å². The van der Waals surface area contributed by atoms with Gasteiger partial charge in [0, 0.05) is 12.4 Å². The van der Waals surface area contributed by atoms with E-state index in [0.29, 0.717) is 4.57 Å². The van der Waals surface area contributed by atoms with E-state index in [1.165, 1.54) is 6.07 Å². The third-order valence-corrected chi connectivity index (χ3v) is 16.8. The maximum Gasteiger partial charge on any atom is 0.472 e. The zero-order valence-corrected chi connectivity index (χ0v) is 46.9. The lowest BCUT2D eigenvalue weighted by atomic mass is 10.1. The molecule has 4 fully saturated rings. The number of nitrogen functional groups attached to an aromatic ring is 4. The molecule has 3 unspecified atom stereocenters. The van der Waals surface area contributed by atoms with E-state index < -0.39 is 190 Å². The molecule has 476 valence electrons. The molecule has 87 heavy (non-hydrogen) atoms. The second-order valence-corrected chi connectivity index (χ2v) is 24.6. The number of H-pyrrole nitrogens is 2. The van der Waals surface area contributed by atoms with Crippen molar-refractivity contribution in [3.05, 3.63) is 78.9 Å². The number of aromatic nitrogens is 12. The highest BCUT2D eigenvalue weighted by Crippen LogP contribution is 2.54. The van der Waals surface area contributed by atoms with Crippen molar-refractivity contribution in [2.75, 3.05) is 49.4 Å². The number of fused-ring (bicyclic) bond motifs is 2. The topological polar surface area (TPSA) is 673 Å². The average Bonchev–Trinajstić information content (AvgIpc) is 1.69. The normalized spacial score (nSPS) is 31.6. The highest BCUT2D eigenvalue weighted by Gasteiger charge is 2.55. The number of imidazole rings is 2. The van der Waals surface area contributed by atoms with Gasteiger partial charge in [0.15, 0.2) is 47.2 Å². The molecule has 20 N–H and O–H groups in total. The molecule has 6 aromatic rings. The van der Waals surface area contributed by atoms with Crippen molar-refractivity contribution in [2.24, 2.45) is 0 Å². The smallest absolute Gasteiger partial charge is 0.387 e. The minimum atomic E-state index is -5.82. The average molecular weight is 1320 g/mol. The highest BCUT2D eigenvalue weighted by atomic mass is 31.2. The molecule has 19 atom stereocenters. The molecule has 0 spiro atoms. The summed E-state index contributed by atoms with van der Waals surface area (Å²) < 4.78 is 115. The van der Waals surface area contributed by atoms with Crippen molar-refractivity contribution >= 4 is 77.2 Å². The molecule has 4 aliphatic rings. The molecule has 4 aliphatic heterocycles. The largest absolute Gasteiger partial charge is 0.472 e. The molecule has 49 heteroatoms. The number of nitrogens with one attached hydrogen (secondary N) is 2. The molecule has 45 nitrogen and oxygen atoms in total. The van der Waals surface area contributed by atoms with Crippen molar-refractivity contribution in [1.82, 2.24) is 58.1 Å². The monoisotopic (exact) mass is 1320 g/mol. The number of nitrogens with two attached hydrogens (primary N) is 4. The molecule has 0 bridgehead atoms. The van der Waals surface area contributed by atoms with E-state index in [4.69, 9.17) is 69.0 Å². The van der Waals surface area contributed by atoms with Crippen LogP contribution in [0.1, 0.15) is 24.9 Å². The fraction of sp³-hybridized carbons (Fsp3) is 0.526. The third-order valence-electron chi connectivity index (χ3n) is 13.3. The highest BCUT2D eigenvalue weighted by molar-refractivity contribution is 7.48. The zero-order valence-electron chi connectivity index (χ0n) is 43.3. The molecule has 4 saturated heterocycles. The first-order valence-corrected chi connectivity index (χ1v) is 30.6. The number of rotatable bonds is 22. The van der Waals surface area contributed by atoms with Crippen molar-refractivity contribution in [3.8, 4) is 0 Å². The van der Waals surface area contributed by atoms with Gasteiger partial charge in [0.05, 0.1) is 39.1 Å². The first-order valence-electron chi connectivity index (χ1n) is 24.6. The summed E-state index contributed by atoms with van der Waals surface area (Å²) in [6.45, 7) is -4.88. The van der Waals surface area contributed by atoms with Gasteiger partial charge >= 0.3 is 42.7 Å². The van der Waals surface area contributed by atoms with Gasteiger partial charge in [-0.2, -0.15) is 19.9 Å². The maximum atomic E-state index is 14.0. The van der Waals surface area contributed by atoms with Gasteiger partial charge in [0.2, 0.25) is 11.9 Å². The Balaban J connectivity index is 0.873. The number of aliphatic hydroxyl groups is 5. The van der Waals surface area contributed by atoms with Gasteiger partial charge in [-0.1, -0.05) is 0 Å². The number of phosphoric acid groups is 4. The number of hydrogen-bond acceptors (Lipinski definition) is 34. The minimum absolute atomic E-state index is 0.196. The van der Waals surface area contributed by atoms with Crippen LogP contribution in [0.5, 0.6) is 0 Å². The van der Waals surface area contributed by atoms with Gasteiger partial charge in [-0.15, -0.1) is 0 Å². The van der Waals surface area contributed by atoms with E-state index in [0.717, 1.165) is 44.8 Å². The molecule has 0 radical (unpaired) electrons. The number of aromatic amines is 2. The Labute approximate surface area is 479 Å². The van der Waals surface area contributed by atoms with Gasteiger partial charge in [0.25, 0.3) is 11.1 Å². The van der Waals surface area contributed by atoms with Gasteiger partial charge < -0.3 is 91.9 Å². The molecule has 10 rings (SSSR count). The standard InChI is InChI=1S/C38H50N16O29P4/c39-15-1-3-51(37(62)45-15)31-20(56)19(55)11(77-31)5-74-85(67,68)83-26-14(80-34(23(26)59)54-10-44-18-28(54)48-36(42)50-30(18)61)8-76-87(71,72)82-25-13(78-32(21(25)57)52-4-2-16(40)46-38(52)63)7-75-86(69,70)81-24-12(6-73-84(64,65)66)79-33(22(24)58)53-9-43-17-27(53)47-35(41)49-29(17)60/h1-4,9-14,19-26,31-34,55-59H,5-8H2,(H,67,68)(H,69,70)(H,71,72)(H2,39,45,62)(H2,40,46,63)(H2,64,65,66)(H3,41,47,49,60)(H3,42,48,50,61)/t11-,12-,13-,14-,19-,20-,21-,22-,23-,24-,25-,26-,31-,32-,33-,34-/m1/s1. The van der Waals surface area contributed by atoms with Crippen LogP contribution in [0, 0.1) is 0 Å². The summed E-state index contributed by atoms with van der Waals surface area (Å²) in [4.78, 5) is 130. The van der Waals surface area contributed by atoms with E-state index in [1.807, 2.05) is 0 Å². The number of anilines is 4. The lowest BCUT2D eigenvalue weighted by Gasteiger charge is -2.26. The molecule has 10 heterocycles. The first kappa shape index (κ1) is 63.7. The summed E-state index contributed by atoms with van der Waals surface area (Å²) >= 11 is 0. The Bertz CT molecular complexity index is 4010. The third kappa shape index (κ3) is 13.5. The maximum absolute atomic E-state index is 14.0. The fourth-order valence-corrected chi connectivity index (χ4v) is 12.7. The van der Waals surface area contributed by atoms with E-state index in [2.05, 4.69) is 44.4 Å². The fourth-order valence-electron chi connectivity index (χ4n) is 9.46. The van der Waals surface area contributed by atoms with Crippen LogP contribution in [0.4, 0.5) is 23.5 Å². The number of hydrogen-bond donors (Lipinski definition) is 16. The summed E-state index contributed by atoms with van der Waals surface area (Å²) in [5.41, 5.74) is 17.2. The second-order valence-electron chi connectivity index (χ2n) is 19.1. The van der Waals surface area contributed by atoms with E-state index in [-0.39, 0.29) is 34.0 Å². The lowest BCUT2D eigenvalue weighted by molar-refractivity contribution is -0.0646. The molecule has 0 aliphatic carbocycles. The van der Waals surface area contributed by atoms with Crippen LogP contribution in [-0.4, -0.2) is 208 Å². The molecule has 0 saturated carbocycles. The number of phosphoric ester groups is 4. The Morgan fingerprint density at radius 1 is 0.471 bits per heavy atom. The van der Waals surface area contributed by atoms with Crippen LogP contribution in [0.15, 0.2) is 56.4 Å². The van der Waals surface area contributed by atoms with E-state index in [1.54, 1.807) is 0 Å². The first-order chi connectivity index (χ1) is 40.8. The summed E-state index contributed by atoms with van der Waals surface area (Å²) in [6, 6.07) is 2.22. The van der Waals surface area contributed by atoms with Gasteiger partial charge in [-0.25, -0.2) is 37.8 Å². The molecular formula is C38H50N16O29P4. The molecular weight excluding hydrogens is 1270 g/mol. The SMILES string of the molecule is Nc1ccn([C@@H]2O[C@H](COP(=O)(O)O[C@H]3[C@@H](O)[C@H](n4cnc5c(=O)[nH]c(N)nc54)O[C@@H]3COP(=O)(O)O[C@H]3[C@@H](O)[C@H](n4ccc(N)nc4=O)O[C@@H]3COP(=O)(O)O[C@H]3[C@@H](O)[C@H](n4cnc5c(=O)[nH]c(N)nc54)O[C@@H]3COP(=O)(O)O)[C@@H](O)[C@H]2O)c(=O)n1. The number of nitrogens with zero attached hydrogens (tertiary/aromatic N) is 10. The van der Waals surface area contributed by atoms with E-state index in [9.17, 15) is 87.4 Å². The van der Waals surface area contributed by atoms with Gasteiger partial charge in [-0.05, 0) is 12.1 Å². The van der Waals surface area contributed by atoms with Crippen molar-refractivity contribution < 1.29 is 119 Å². The lowest BCUT2D eigenvalue weighted by Crippen LogP contribution is -2.39. The van der Waals surface area contributed by atoms with Crippen LogP contribution >= 0.6 is 31.3 Å². The Morgan fingerprint density at radius 3 is 1.17 bits per heavy atom. The predicted octanol–water partition coefficient (Wildman–Crippen LogP) is -6.89. The molecule has 0 amide bonds. The minimum Gasteiger partial charge on any atom is -0.387 e. The summed E-state index contributed by atoms with van der Waals surface area (Å²) in [5.74, 6) is -1.41. The summed E-state index contributed by atoms with van der Waals surface area (Å²) in [6.07, 6.45) is -28.0. The van der Waals surface area contributed by atoms with Crippen molar-refractivity contribution in [2.45, 2.75) is 98.2 Å². The number of aliphatic hydroxyl groups excluding tert-OH is 5. The number of ether oxygens (including phenoxy) is 4. The predicted molar refractivity (Wildman–Crippen MR) is 277 cm³/mol. The van der Waals surface area contributed by atoms with Crippen LogP contribution < -0.4 is 45.4 Å². The van der Waals surface area contributed by atoms with Gasteiger partial charge in [0.1, 0.15) is 84.9 Å². The Kier molecular flexibility index (Phi) is 17.8. The quantitative estimate of drug-likeness (QED) is 0.0281. The van der Waals surface area contributed by atoms with Crippen molar-refractivity contribution in [1.29, 1.82) is 0 Å². The van der Waals surface area contributed by atoms with Gasteiger partial charge in [-0.3, -0.25) is 69.5 Å². The van der Waals surface area contributed by atoms with Crippen LogP contribution in [-0.2, 0) is 68.9 Å². The van der Waals surface area contributed by atoms with Crippen LogP contribution in [0.25, 0.3) is 22.3 Å². The Morgan fingerprint density at radius 2 is 0.805 bits per heavy atom. The summed E-state index contributed by atoms with van der Waals surface area (Å²) in [7, 11) is -22.5. The molecule has 6 aromatic heterocycles. The van der Waals surface area contributed by atoms with E-state index >= 15 is 0 Å². The molecule has 0 aromatic carbocycles. The van der Waals surface area contributed by atoms with Crippen LogP contribution in [0.3, 0.4) is 0 Å². The van der Waals surface area contributed by atoms with Crippen LogP contribution in [0.2, 0.25) is 0 Å². The Hall–Kier alpha value is -6.26. The second kappa shape index (κ2) is 24.3. The zero-order chi connectivity index (χ0) is 63.0. The summed E-state index contributed by atoms with van der Waals surface area (Å²) in [5, 5.41) is 56.2.